The highest BCUT2D eigenvalue weighted by molar-refractivity contribution is 5.78. The van der Waals surface area contributed by atoms with Gasteiger partial charge in [-0.25, -0.2) is 0 Å². The number of hydrogen-bond acceptors (Lipinski definition) is 5. The summed E-state index contributed by atoms with van der Waals surface area (Å²) in [5.74, 6) is 0.0924. The zero-order chi connectivity index (χ0) is 16.4. The molecular formula is C16H23NO5. The predicted molar refractivity (Wildman–Crippen MR) is 81.8 cm³/mol. The molecule has 0 spiro atoms. The third-order valence-corrected chi connectivity index (χ3v) is 3.11. The van der Waals surface area contributed by atoms with E-state index in [0.717, 1.165) is 5.56 Å². The number of carbonyl (C=O) groups is 2. The molecular weight excluding hydrogens is 286 g/mol. The van der Waals surface area contributed by atoms with Crippen molar-refractivity contribution in [1.29, 1.82) is 0 Å². The first-order valence-electron chi connectivity index (χ1n) is 7.09. The summed E-state index contributed by atoms with van der Waals surface area (Å²) in [5.41, 5.74) is 1.12. The monoisotopic (exact) mass is 309 g/mol. The molecule has 0 radical (unpaired) electrons. The van der Waals surface area contributed by atoms with Crippen molar-refractivity contribution < 1.29 is 23.8 Å². The van der Waals surface area contributed by atoms with E-state index in [1.807, 2.05) is 31.2 Å². The normalized spacial score (nSPS) is 10.1. The Morgan fingerprint density at radius 3 is 2.36 bits per heavy atom. The van der Waals surface area contributed by atoms with Crippen molar-refractivity contribution in [2.24, 2.45) is 0 Å². The molecule has 0 aliphatic carbocycles. The molecule has 0 saturated heterocycles. The van der Waals surface area contributed by atoms with Crippen LogP contribution < -0.4 is 4.74 Å². The van der Waals surface area contributed by atoms with Crippen molar-refractivity contribution >= 4 is 11.9 Å². The lowest BCUT2D eigenvalue weighted by molar-refractivity contribution is -0.142. The van der Waals surface area contributed by atoms with E-state index >= 15 is 0 Å². The van der Waals surface area contributed by atoms with Crippen molar-refractivity contribution in [3.8, 4) is 5.75 Å². The van der Waals surface area contributed by atoms with Crippen LogP contribution in [-0.2, 0) is 19.1 Å². The Labute approximate surface area is 131 Å². The third-order valence-electron chi connectivity index (χ3n) is 3.11. The fourth-order valence-corrected chi connectivity index (χ4v) is 1.76. The summed E-state index contributed by atoms with van der Waals surface area (Å²) in [4.78, 5) is 24.9. The Morgan fingerprint density at radius 2 is 1.77 bits per heavy atom. The van der Waals surface area contributed by atoms with Crippen LogP contribution in [0.15, 0.2) is 24.3 Å². The number of aryl methyl sites for hydroxylation is 1. The van der Waals surface area contributed by atoms with Gasteiger partial charge in [0.15, 0.2) is 6.61 Å². The maximum atomic E-state index is 12.2. The summed E-state index contributed by atoms with van der Waals surface area (Å²) in [5, 5.41) is 0. The van der Waals surface area contributed by atoms with E-state index in [4.69, 9.17) is 9.47 Å². The maximum Gasteiger partial charge on any atom is 0.307 e. The summed E-state index contributed by atoms with van der Waals surface area (Å²) in [6.45, 7) is 3.00. The average molecular weight is 309 g/mol. The van der Waals surface area contributed by atoms with Crippen LogP contribution in [0.25, 0.3) is 0 Å². The van der Waals surface area contributed by atoms with Crippen LogP contribution in [0.3, 0.4) is 0 Å². The van der Waals surface area contributed by atoms with Crippen molar-refractivity contribution in [3.63, 3.8) is 0 Å². The molecule has 0 atom stereocenters. The molecule has 0 aliphatic rings. The molecule has 1 rings (SSSR count). The second kappa shape index (κ2) is 9.78. The second-order valence-corrected chi connectivity index (χ2v) is 4.80. The van der Waals surface area contributed by atoms with Gasteiger partial charge in [0.25, 0.3) is 5.91 Å². The maximum absolute atomic E-state index is 12.2. The van der Waals surface area contributed by atoms with Crippen LogP contribution in [0.2, 0.25) is 0 Å². The minimum Gasteiger partial charge on any atom is -0.484 e. The Morgan fingerprint density at radius 1 is 1.09 bits per heavy atom. The average Bonchev–Trinajstić information content (AvgIpc) is 2.53. The van der Waals surface area contributed by atoms with Crippen LogP contribution in [0.1, 0.15) is 12.0 Å². The minimum absolute atomic E-state index is 0.0754. The minimum atomic E-state index is -0.352. The molecule has 1 aromatic rings. The van der Waals surface area contributed by atoms with Gasteiger partial charge in [-0.05, 0) is 19.1 Å². The van der Waals surface area contributed by atoms with E-state index in [-0.39, 0.29) is 31.4 Å². The first-order valence-corrected chi connectivity index (χ1v) is 7.09. The quantitative estimate of drug-likeness (QED) is 0.645. The lowest BCUT2D eigenvalue weighted by atomic mass is 10.2. The number of benzene rings is 1. The van der Waals surface area contributed by atoms with E-state index in [1.165, 1.54) is 12.0 Å². The second-order valence-electron chi connectivity index (χ2n) is 4.80. The zero-order valence-corrected chi connectivity index (χ0v) is 13.3. The first kappa shape index (κ1) is 18.0. The van der Waals surface area contributed by atoms with Crippen molar-refractivity contribution in [2.75, 3.05) is 40.5 Å². The van der Waals surface area contributed by atoms with E-state index in [1.54, 1.807) is 7.11 Å². The van der Waals surface area contributed by atoms with Crippen LogP contribution in [0, 0.1) is 6.92 Å². The fraction of sp³-hybridized carbons (Fsp3) is 0.500. The molecule has 0 N–H and O–H groups in total. The Bertz CT molecular complexity index is 472. The van der Waals surface area contributed by atoms with Crippen LogP contribution in [-0.4, -0.2) is 57.3 Å². The van der Waals surface area contributed by atoms with Crippen molar-refractivity contribution in [3.05, 3.63) is 29.8 Å². The lowest BCUT2D eigenvalue weighted by Gasteiger charge is -2.22. The van der Waals surface area contributed by atoms with E-state index in [0.29, 0.717) is 18.9 Å². The van der Waals surface area contributed by atoms with E-state index < -0.39 is 0 Å². The smallest absolute Gasteiger partial charge is 0.307 e. The first-order chi connectivity index (χ1) is 10.6. The zero-order valence-electron chi connectivity index (χ0n) is 13.3. The highest BCUT2D eigenvalue weighted by Crippen LogP contribution is 2.11. The van der Waals surface area contributed by atoms with E-state index in [9.17, 15) is 9.59 Å². The summed E-state index contributed by atoms with van der Waals surface area (Å²) in [6, 6.07) is 7.46. The molecule has 0 unspecified atom stereocenters. The highest BCUT2D eigenvalue weighted by Gasteiger charge is 2.15. The molecule has 0 aromatic heterocycles. The molecule has 0 heterocycles. The van der Waals surface area contributed by atoms with Crippen molar-refractivity contribution in [2.45, 2.75) is 13.3 Å². The van der Waals surface area contributed by atoms with Crippen LogP contribution >= 0.6 is 0 Å². The molecule has 1 amide bonds. The van der Waals surface area contributed by atoms with Gasteiger partial charge < -0.3 is 19.1 Å². The summed E-state index contributed by atoms with van der Waals surface area (Å²) in [7, 11) is 2.88. The number of amides is 1. The predicted octanol–water partition coefficient (Wildman–Crippen LogP) is 1.41. The van der Waals surface area contributed by atoms with E-state index in [2.05, 4.69) is 4.74 Å². The Balaban J connectivity index is 2.50. The van der Waals surface area contributed by atoms with Crippen molar-refractivity contribution in [1.82, 2.24) is 4.90 Å². The number of rotatable bonds is 9. The number of methoxy groups -OCH3 is 2. The van der Waals surface area contributed by atoms with Gasteiger partial charge in [-0.3, -0.25) is 9.59 Å². The van der Waals surface area contributed by atoms with Gasteiger partial charge in [-0.2, -0.15) is 0 Å². The van der Waals surface area contributed by atoms with Gasteiger partial charge in [0, 0.05) is 20.2 Å². The Hall–Kier alpha value is -2.08. The molecule has 0 saturated carbocycles. The molecule has 0 fully saturated rings. The van der Waals surface area contributed by atoms with Gasteiger partial charge in [0.05, 0.1) is 20.1 Å². The lowest BCUT2D eigenvalue weighted by Crippen LogP contribution is -2.38. The van der Waals surface area contributed by atoms with Gasteiger partial charge in [-0.1, -0.05) is 17.7 Å². The van der Waals surface area contributed by atoms with Gasteiger partial charge in [0.2, 0.25) is 0 Å². The van der Waals surface area contributed by atoms with Crippen LogP contribution in [0.4, 0.5) is 0 Å². The number of carbonyl (C=O) groups excluding carboxylic acids is 2. The van der Waals surface area contributed by atoms with Gasteiger partial charge in [0.1, 0.15) is 5.75 Å². The fourth-order valence-electron chi connectivity index (χ4n) is 1.76. The number of hydrogen-bond donors (Lipinski definition) is 0. The van der Waals surface area contributed by atoms with Gasteiger partial charge >= 0.3 is 5.97 Å². The molecule has 22 heavy (non-hydrogen) atoms. The highest BCUT2D eigenvalue weighted by atomic mass is 16.5. The standard InChI is InChI=1S/C16H23NO5/c1-13-4-6-14(7-5-13)22-12-15(18)17(10-11-20-2)9-8-16(19)21-3/h4-7H,8-12H2,1-3H3. The number of esters is 1. The third kappa shape index (κ3) is 6.58. The SMILES string of the molecule is COCCN(CCC(=O)OC)C(=O)COc1ccc(C)cc1. The van der Waals surface area contributed by atoms with Crippen LogP contribution in [0.5, 0.6) is 5.75 Å². The molecule has 6 nitrogen and oxygen atoms in total. The summed E-state index contributed by atoms with van der Waals surface area (Å²) < 4.78 is 15.0. The molecule has 0 bridgehead atoms. The topological polar surface area (TPSA) is 65.1 Å². The summed E-state index contributed by atoms with van der Waals surface area (Å²) >= 11 is 0. The molecule has 6 heteroatoms. The molecule has 122 valence electrons. The molecule has 0 aliphatic heterocycles. The number of nitrogens with zero attached hydrogens (tertiary/aromatic N) is 1. The summed E-state index contributed by atoms with van der Waals surface area (Å²) in [6.07, 6.45) is 0.149. The molecule has 1 aromatic carbocycles. The van der Waals surface area contributed by atoms with Gasteiger partial charge in [-0.15, -0.1) is 0 Å². The Kier molecular flexibility index (Phi) is 7.99. The number of ether oxygens (including phenoxy) is 3. The largest absolute Gasteiger partial charge is 0.484 e.